The Morgan fingerprint density at radius 2 is 2.15 bits per heavy atom. The van der Waals surface area contributed by atoms with E-state index in [9.17, 15) is 4.79 Å². The van der Waals surface area contributed by atoms with Gasteiger partial charge in [-0.25, -0.2) is 4.98 Å². The molecule has 2 aromatic heterocycles. The van der Waals surface area contributed by atoms with E-state index in [1.165, 1.54) is 16.1 Å². The first kappa shape index (κ1) is 18.1. The lowest BCUT2D eigenvalue weighted by Gasteiger charge is -2.33. The number of aromatic nitrogens is 5. The van der Waals surface area contributed by atoms with Gasteiger partial charge < -0.3 is 4.90 Å². The van der Waals surface area contributed by atoms with Gasteiger partial charge in [0, 0.05) is 11.6 Å². The van der Waals surface area contributed by atoms with Crippen LogP contribution in [0.25, 0.3) is 5.69 Å². The minimum atomic E-state index is -0.180. The van der Waals surface area contributed by atoms with Crippen molar-refractivity contribution in [2.24, 2.45) is 0 Å². The number of carbonyl (C=O) groups excluding carboxylic acids is 1. The van der Waals surface area contributed by atoms with Gasteiger partial charge in [0.25, 0.3) is 5.91 Å². The predicted molar refractivity (Wildman–Crippen MR) is 103 cm³/mol. The van der Waals surface area contributed by atoms with Crippen molar-refractivity contribution in [2.45, 2.75) is 39.2 Å². The molecule has 3 aromatic rings. The third-order valence-corrected chi connectivity index (χ3v) is 5.92. The normalized spacial score (nSPS) is 17.3. The number of hydrogen-bond donors (Lipinski definition) is 0. The zero-order valence-corrected chi connectivity index (χ0v) is 16.7. The number of rotatable bonds is 3. The summed E-state index contributed by atoms with van der Waals surface area (Å²) in [5, 5.41) is 14.4. The molecule has 1 aliphatic heterocycles. The molecule has 1 fully saturated rings. The Morgan fingerprint density at radius 1 is 1.30 bits per heavy atom. The van der Waals surface area contributed by atoms with E-state index in [-0.39, 0.29) is 11.9 Å². The molecule has 0 saturated carbocycles. The van der Waals surface area contributed by atoms with Gasteiger partial charge in [0.2, 0.25) is 0 Å². The maximum atomic E-state index is 13.1. The van der Waals surface area contributed by atoms with Gasteiger partial charge in [0.15, 0.2) is 5.82 Å². The number of halogens is 1. The summed E-state index contributed by atoms with van der Waals surface area (Å²) in [6.45, 7) is 4.48. The minimum absolute atomic E-state index is 0.00176. The second kappa shape index (κ2) is 7.36. The van der Waals surface area contributed by atoms with E-state index in [0.717, 1.165) is 35.7 Å². The summed E-state index contributed by atoms with van der Waals surface area (Å²) < 4.78 is 0. The summed E-state index contributed by atoms with van der Waals surface area (Å²) in [4.78, 5) is 21.5. The number of carbonyl (C=O) groups is 1. The van der Waals surface area contributed by atoms with E-state index < -0.39 is 0 Å². The summed E-state index contributed by atoms with van der Waals surface area (Å²) in [5.41, 5.74) is 1.52. The highest BCUT2D eigenvalue weighted by Crippen LogP contribution is 2.32. The Labute approximate surface area is 166 Å². The zero-order chi connectivity index (χ0) is 19.0. The molecule has 9 heteroatoms. The minimum Gasteiger partial charge on any atom is -0.327 e. The molecule has 0 N–H and O–H groups in total. The van der Waals surface area contributed by atoms with Crippen molar-refractivity contribution in [3.05, 3.63) is 50.7 Å². The van der Waals surface area contributed by atoms with Crippen molar-refractivity contribution < 1.29 is 4.79 Å². The van der Waals surface area contributed by atoms with Gasteiger partial charge in [0.1, 0.15) is 4.88 Å². The van der Waals surface area contributed by atoms with E-state index in [0.29, 0.717) is 22.3 Å². The van der Waals surface area contributed by atoms with Crippen LogP contribution >= 0.6 is 22.9 Å². The highest BCUT2D eigenvalue weighted by Gasteiger charge is 2.33. The Hall–Kier alpha value is -2.32. The average molecular weight is 403 g/mol. The van der Waals surface area contributed by atoms with Crippen molar-refractivity contribution in [3.8, 4) is 5.69 Å². The molecular weight excluding hydrogens is 384 g/mol. The number of nitrogens with zero attached hydrogens (tertiary/aromatic N) is 6. The molecule has 1 unspecified atom stereocenters. The molecule has 1 aliphatic rings. The van der Waals surface area contributed by atoms with Crippen LogP contribution in [0.3, 0.4) is 0 Å². The van der Waals surface area contributed by atoms with Gasteiger partial charge in [-0.15, -0.1) is 26.3 Å². The highest BCUT2D eigenvalue weighted by atomic mass is 35.5. The lowest BCUT2D eigenvalue weighted by atomic mass is 10.0. The predicted octanol–water partition coefficient (Wildman–Crippen LogP) is 3.76. The molecule has 1 aromatic carbocycles. The van der Waals surface area contributed by atoms with Crippen molar-refractivity contribution in [3.63, 3.8) is 0 Å². The topological polar surface area (TPSA) is 76.8 Å². The van der Waals surface area contributed by atoms with Gasteiger partial charge >= 0.3 is 0 Å². The van der Waals surface area contributed by atoms with E-state index in [1.807, 2.05) is 30.9 Å². The molecule has 1 amide bonds. The van der Waals surface area contributed by atoms with Gasteiger partial charge in [-0.2, -0.15) is 0 Å². The number of likely N-dealkylation sites (tertiary alicyclic amines) is 1. The number of aryl methyl sites for hydroxylation is 2. The monoisotopic (exact) mass is 402 g/mol. The van der Waals surface area contributed by atoms with Crippen LogP contribution in [0.2, 0.25) is 5.02 Å². The first-order chi connectivity index (χ1) is 13.0. The second-order valence-electron chi connectivity index (χ2n) is 6.57. The number of amides is 1. The van der Waals surface area contributed by atoms with Crippen LogP contribution in [0, 0.1) is 13.8 Å². The fourth-order valence-electron chi connectivity index (χ4n) is 3.37. The van der Waals surface area contributed by atoms with Crippen LogP contribution in [0.1, 0.15) is 51.5 Å². The molecule has 0 aliphatic carbocycles. The summed E-state index contributed by atoms with van der Waals surface area (Å²) in [6, 6.07) is 7.10. The quantitative estimate of drug-likeness (QED) is 0.666. The highest BCUT2D eigenvalue weighted by molar-refractivity contribution is 7.13. The third-order valence-electron chi connectivity index (χ3n) is 4.63. The van der Waals surface area contributed by atoms with Crippen LogP contribution in [0.5, 0.6) is 0 Å². The molecule has 27 heavy (non-hydrogen) atoms. The Morgan fingerprint density at radius 3 is 2.89 bits per heavy atom. The van der Waals surface area contributed by atoms with E-state index >= 15 is 0 Å². The number of thiazole rings is 1. The SMILES string of the molecule is Cc1nc(C)c(C(=O)N2CCCCC2c2nnn(-c3cccc(Cl)c3)n2)s1. The zero-order valence-electron chi connectivity index (χ0n) is 15.1. The van der Waals surface area contributed by atoms with Gasteiger partial charge in [-0.05, 0) is 56.5 Å². The molecule has 4 rings (SSSR count). The first-order valence-electron chi connectivity index (χ1n) is 8.84. The van der Waals surface area contributed by atoms with Crippen LogP contribution < -0.4 is 0 Å². The molecule has 0 radical (unpaired) electrons. The van der Waals surface area contributed by atoms with Crippen LogP contribution in [-0.4, -0.2) is 42.5 Å². The maximum Gasteiger partial charge on any atom is 0.266 e. The van der Waals surface area contributed by atoms with Crippen molar-refractivity contribution in [1.82, 2.24) is 30.1 Å². The smallest absolute Gasteiger partial charge is 0.266 e. The molecule has 1 saturated heterocycles. The molecule has 140 valence electrons. The Kier molecular flexibility index (Phi) is 4.92. The second-order valence-corrected chi connectivity index (χ2v) is 8.21. The first-order valence-corrected chi connectivity index (χ1v) is 10.0. The van der Waals surface area contributed by atoms with Crippen molar-refractivity contribution in [2.75, 3.05) is 6.54 Å². The summed E-state index contributed by atoms with van der Waals surface area (Å²) in [6.07, 6.45) is 2.83. The largest absolute Gasteiger partial charge is 0.327 e. The molecule has 0 spiro atoms. The van der Waals surface area contributed by atoms with Gasteiger partial charge in [-0.3, -0.25) is 4.79 Å². The fraction of sp³-hybridized carbons (Fsp3) is 0.389. The Bertz CT molecular complexity index is 984. The van der Waals surface area contributed by atoms with Crippen molar-refractivity contribution >= 4 is 28.8 Å². The summed E-state index contributed by atoms with van der Waals surface area (Å²) >= 11 is 7.49. The summed E-state index contributed by atoms with van der Waals surface area (Å²) in [7, 11) is 0. The lowest BCUT2D eigenvalue weighted by molar-refractivity contribution is 0.0604. The molecule has 3 heterocycles. The fourth-order valence-corrected chi connectivity index (χ4v) is 4.43. The van der Waals surface area contributed by atoms with Crippen molar-refractivity contribution in [1.29, 1.82) is 0 Å². The van der Waals surface area contributed by atoms with Crippen LogP contribution in [0.4, 0.5) is 0 Å². The third kappa shape index (κ3) is 3.59. The molecular formula is C18H19ClN6OS. The standard InChI is InChI=1S/C18H19ClN6OS/c1-11-16(27-12(2)20-11)18(26)24-9-4-3-8-15(24)17-21-23-25(22-17)14-7-5-6-13(19)10-14/h5-7,10,15H,3-4,8-9H2,1-2H3. The summed E-state index contributed by atoms with van der Waals surface area (Å²) in [5.74, 6) is 0.559. The maximum absolute atomic E-state index is 13.1. The average Bonchev–Trinajstić information content (AvgIpc) is 3.28. The van der Waals surface area contributed by atoms with Crippen LogP contribution in [0.15, 0.2) is 24.3 Å². The molecule has 1 atom stereocenters. The van der Waals surface area contributed by atoms with E-state index in [2.05, 4.69) is 20.4 Å². The van der Waals surface area contributed by atoms with E-state index in [1.54, 1.807) is 12.1 Å². The lowest BCUT2D eigenvalue weighted by Crippen LogP contribution is -2.39. The number of hydrogen-bond acceptors (Lipinski definition) is 6. The number of benzene rings is 1. The molecule has 7 nitrogen and oxygen atoms in total. The molecule has 0 bridgehead atoms. The van der Waals surface area contributed by atoms with Gasteiger partial charge in [0.05, 0.1) is 22.4 Å². The number of tetrazole rings is 1. The Balaban J connectivity index is 1.63. The number of piperidine rings is 1. The van der Waals surface area contributed by atoms with Gasteiger partial charge in [-0.1, -0.05) is 17.7 Å². The van der Waals surface area contributed by atoms with Crippen LogP contribution in [-0.2, 0) is 0 Å². The van der Waals surface area contributed by atoms with E-state index in [4.69, 9.17) is 11.6 Å².